The molecule has 0 aromatic heterocycles. The van der Waals surface area contributed by atoms with E-state index in [1.807, 2.05) is 4.90 Å². The van der Waals surface area contributed by atoms with E-state index >= 15 is 0 Å². The van der Waals surface area contributed by atoms with Crippen LogP contribution in [0, 0.1) is 16.0 Å². The topological polar surface area (TPSA) is 102 Å². The number of benzene rings is 1. The summed E-state index contributed by atoms with van der Waals surface area (Å²) in [6.45, 7) is 0.688. The van der Waals surface area contributed by atoms with Gasteiger partial charge in [0, 0.05) is 29.4 Å². The van der Waals surface area contributed by atoms with E-state index < -0.39 is 16.4 Å². The predicted molar refractivity (Wildman–Crippen MR) is 83.3 cm³/mol. The number of hydrogen-bond donors (Lipinski definition) is 1. The molecular weight excluding hydrogens is 314 g/mol. The molecule has 3 aliphatic heterocycles. The first-order valence-corrected chi connectivity index (χ1v) is 7.94. The van der Waals surface area contributed by atoms with Crippen LogP contribution in [-0.4, -0.2) is 41.4 Å². The van der Waals surface area contributed by atoms with Crippen LogP contribution in [0.4, 0.5) is 11.4 Å². The van der Waals surface area contributed by atoms with Crippen molar-refractivity contribution in [2.75, 3.05) is 19.0 Å². The molecule has 24 heavy (non-hydrogen) atoms. The van der Waals surface area contributed by atoms with Crippen LogP contribution in [0.15, 0.2) is 18.2 Å². The fourth-order valence-corrected chi connectivity index (χ4v) is 4.58. The number of nitrogens with one attached hydrogen (secondary N) is 1. The highest BCUT2D eigenvalue weighted by atomic mass is 16.6. The number of carbonyl (C=O) groups excluding carboxylic acids is 2. The summed E-state index contributed by atoms with van der Waals surface area (Å²) in [5.41, 5.74) is 0.116. The maximum atomic E-state index is 12.9. The van der Waals surface area contributed by atoms with Crippen LogP contribution in [0.1, 0.15) is 24.8 Å². The first kappa shape index (κ1) is 15.1. The van der Waals surface area contributed by atoms with Gasteiger partial charge in [-0.1, -0.05) is 0 Å². The van der Waals surface area contributed by atoms with Gasteiger partial charge in [0.2, 0.25) is 5.91 Å². The fraction of sp³-hybridized carbons (Fsp3) is 0.500. The highest BCUT2D eigenvalue weighted by molar-refractivity contribution is 6.07. The quantitative estimate of drug-likeness (QED) is 0.499. The van der Waals surface area contributed by atoms with Crippen molar-refractivity contribution in [2.45, 2.75) is 30.8 Å². The number of nitro benzene ring substituents is 1. The Bertz CT molecular complexity index is 764. The van der Waals surface area contributed by atoms with Crippen molar-refractivity contribution in [3.63, 3.8) is 0 Å². The first-order chi connectivity index (χ1) is 11.5. The first-order valence-electron chi connectivity index (χ1n) is 7.94. The summed E-state index contributed by atoms with van der Waals surface area (Å²) < 4.78 is 4.92. The van der Waals surface area contributed by atoms with E-state index in [1.165, 1.54) is 19.2 Å². The third kappa shape index (κ3) is 1.77. The molecule has 2 saturated heterocycles. The van der Waals surface area contributed by atoms with Gasteiger partial charge in [0.05, 0.1) is 18.0 Å². The minimum atomic E-state index is -1.01. The lowest BCUT2D eigenvalue weighted by Gasteiger charge is -2.32. The number of non-ortho nitro benzene ring substituents is 1. The van der Waals surface area contributed by atoms with Crippen LogP contribution < -0.4 is 5.32 Å². The van der Waals surface area contributed by atoms with Gasteiger partial charge in [0.15, 0.2) is 0 Å². The molecule has 8 nitrogen and oxygen atoms in total. The Labute approximate surface area is 137 Å². The Balaban J connectivity index is 1.86. The summed E-state index contributed by atoms with van der Waals surface area (Å²) in [6.07, 6.45) is 2.00. The largest absolute Gasteiger partial charge is 0.469 e. The lowest BCUT2D eigenvalue weighted by Crippen LogP contribution is -2.47. The van der Waals surface area contributed by atoms with Gasteiger partial charge in [0.25, 0.3) is 5.69 Å². The molecule has 3 aliphatic rings. The number of hydrogen-bond acceptors (Lipinski definition) is 6. The molecule has 3 heterocycles. The van der Waals surface area contributed by atoms with Crippen LogP contribution in [-0.2, 0) is 19.9 Å². The highest BCUT2D eigenvalue weighted by Gasteiger charge is 2.63. The van der Waals surface area contributed by atoms with E-state index in [4.69, 9.17) is 4.74 Å². The van der Waals surface area contributed by atoms with Crippen LogP contribution >= 0.6 is 0 Å². The molecule has 1 aromatic carbocycles. The van der Waals surface area contributed by atoms with E-state index in [0.717, 1.165) is 12.8 Å². The zero-order valence-corrected chi connectivity index (χ0v) is 13.2. The molecule has 1 aromatic rings. The molecule has 0 saturated carbocycles. The summed E-state index contributed by atoms with van der Waals surface area (Å²) in [4.78, 5) is 37.8. The van der Waals surface area contributed by atoms with Gasteiger partial charge >= 0.3 is 5.97 Å². The van der Waals surface area contributed by atoms with E-state index in [2.05, 4.69) is 5.32 Å². The molecule has 0 radical (unpaired) electrons. The Morgan fingerprint density at radius 3 is 3.00 bits per heavy atom. The molecule has 0 unspecified atom stereocenters. The van der Waals surface area contributed by atoms with Crippen LogP contribution in [0.25, 0.3) is 0 Å². The predicted octanol–water partition coefficient (Wildman–Crippen LogP) is 1.40. The number of anilines is 1. The number of fused-ring (bicyclic) bond motifs is 4. The number of rotatable bonds is 2. The van der Waals surface area contributed by atoms with Gasteiger partial charge in [-0.15, -0.1) is 0 Å². The SMILES string of the molecule is COC(=O)[C@@H]1C[C@@]2(C(=O)Nc3ccc([N+](=O)[O-])cc32)N2CCC[C@H]12. The summed E-state index contributed by atoms with van der Waals surface area (Å²) >= 11 is 0. The fourth-order valence-electron chi connectivity index (χ4n) is 4.58. The second-order valence-electron chi connectivity index (χ2n) is 6.54. The number of carbonyl (C=O) groups is 2. The zero-order chi connectivity index (χ0) is 17.1. The van der Waals surface area contributed by atoms with E-state index in [0.29, 0.717) is 24.2 Å². The molecule has 1 amide bonds. The van der Waals surface area contributed by atoms with Gasteiger partial charge in [-0.25, -0.2) is 0 Å². The van der Waals surface area contributed by atoms with Gasteiger partial charge in [0.1, 0.15) is 5.54 Å². The Kier molecular flexibility index (Phi) is 3.14. The average Bonchev–Trinajstić information content (AvgIpc) is 3.22. The van der Waals surface area contributed by atoms with Gasteiger partial charge in [-0.05, 0) is 31.9 Å². The minimum Gasteiger partial charge on any atom is -0.469 e. The van der Waals surface area contributed by atoms with E-state index in [1.54, 1.807) is 6.07 Å². The maximum absolute atomic E-state index is 12.9. The molecular formula is C16H17N3O5. The molecule has 1 N–H and O–H groups in total. The maximum Gasteiger partial charge on any atom is 0.310 e. The Morgan fingerprint density at radius 2 is 2.29 bits per heavy atom. The number of esters is 1. The molecule has 3 atom stereocenters. The molecule has 2 fully saturated rings. The lowest BCUT2D eigenvalue weighted by atomic mass is 9.84. The summed E-state index contributed by atoms with van der Waals surface area (Å²) in [6, 6.07) is 4.35. The molecule has 0 bridgehead atoms. The molecule has 8 heteroatoms. The van der Waals surface area contributed by atoms with Crippen molar-refractivity contribution < 1.29 is 19.2 Å². The standard InChI is InChI=1S/C16H17N3O5/c1-24-14(20)10-8-16(18-6-2-3-13(10)18)11-7-9(19(22)23)4-5-12(11)17-15(16)21/h4-5,7,10,13H,2-3,6,8H2,1H3,(H,17,21)/t10-,13-,16-/m1/s1. The third-order valence-electron chi connectivity index (χ3n) is 5.56. The van der Waals surface area contributed by atoms with Gasteiger partial charge < -0.3 is 10.1 Å². The number of nitrogens with zero attached hydrogens (tertiary/aromatic N) is 2. The summed E-state index contributed by atoms with van der Waals surface area (Å²) in [7, 11) is 1.35. The van der Waals surface area contributed by atoms with Crippen molar-refractivity contribution >= 4 is 23.3 Å². The molecule has 1 spiro atoms. The Hall–Kier alpha value is -2.48. The average molecular weight is 331 g/mol. The molecule has 126 valence electrons. The second kappa shape index (κ2) is 5.01. The van der Waals surface area contributed by atoms with Crippen LogP contribution in [0.2, 0.25) is 0 Å². The van der Waals surface area contributed by atoms with E-state index in [9.17, 15) is 19.7 Å². The van der Waals surface area contributed by atoms with Gasteiger partial charge in [-0.3, -0.25) is 24.6 Å². The normalized spacial score (nSPS) is 31.0. The Morgan fingerprint density at radius 1 is 1.50 bits per heavy atom. The van der Waals surface area contributed by atoms with E-state index in [-0.39, 0.29) is 23.6 Å². The highest BCUT2D eigenvalue weighted by Crippen LogP contribution is 2.54. The monoisotopic (exact) mass is 331 g/mol. The number of amides is 1. The van der Waals surface area contributed by atoms with Crippen molar-refractivity contribution in [1.29, 1.82) is 0 Å². The lowest BCUT2D eigenvalue weighted by molar-refractivity contribution is -0.384. The third-order valence-corrected chi connectivity index (χ3v) is 5.56. The minimum absolute atomic E-state index is 0.0538. The molecule has 4 rings (SSSR count). The number of methoxy groups -OCH3 is 1. The molecule has 0 aliphatic carbocycles. The van der Waals surface area contributed by atoms with Crippen LogP contribution in [0.3, 0.4) is 0 Å². The van der Waals surface area contributed by atoms with Crippen molar-refractivity contribution in [2.24, 2.45) is 5.92 Å². The van der Waals surface area contributed by atoms with Crippen molar-refractivity contribution in [3.05, 3.63) is 33.9 Å². The van der Waals surface area contributed by atoms with Crippen LogP contribution in [0.5, 0.6) is 0 Å². The van der Waals surface area contributed by atoms with Gasteiger partial charge in [-0.2, -0.15) is 0 Å². The van der Waals surface area contributed by atoms with Crippen molar-refractivity contribution in [1.82, 2.24) is 4.90 Å². The van der Waals surface area contributed by atoms with Crippen molar-refractivity contribution in [3.8, 4) is 0 Å². The second-order valence-corrected chi connectivity index (χ2v) is 6.54. The number of ether oxygens (including phenoxy) is 1. The zero-order valence-electron chi connectivity index (χ0n) is 13.2. The summed E-state index contributed by atoms with van der Waals surface area (Å²) in [5.74, 6) is -0.930. The summed E-state index contributed by atoms with van der Waals surface area (Å²) in [5, 5.41) is 14.0. The number of nitro groups is 1. The smallest absolute Gasteiger partial charge is 0.310 e.